The number of carbonyl (C=O) groups is 1. The van der Waals surface area contributed by atoms with Crippen LogP contribution >= 0.6 is 0 Å². The fourth-order valence-corrected chi connectivity index (χ4v) is 2.11. The Bertz CT molecular complexity index is 191. The highest BCUT2D eigenvalue weighted by Gasteiger charge is 2.40. The minimum atomic E-state index is -1.18. The lowest BCUT2D eigenvalue weighted by molar-refractivity contribution is -0.241. The molecule has 0 aromatic rings. The van der Waals surface area contributed by atoms with E-state index in [-0.39, 0.29) is 11.9 Å². The zero-order valence-corrected chi connectivity index (χ0v) is 8.38. The smallest absolute Gasteiger partial charge is 0.305 e. The maximum Gasteiger partial charge on any atom is 0.305 e. The lowest BCUT2D eigenvalue weighted by atomic mass is 9.81. The van der Waals surface area contributed by atoms with Crippen molar-refractivity contribution in [2.24, 2.45) is 5.92 Å². The van der Waals surface area contributed by atoms with E-state index < -0.39 is 5.79 Å². The number of hydrogen-bond donors (Lipinski definition) is 1. The Kier molecular flexibility index (Phi) is 3.31. The molecule has 2 unspecified atom stereocenters. The van der Waals surface area contributed by atoms with E-state index in [0.717, 1.165) is 25.7 Å². The monoisotopic (exact) mass is 186 g/mol. The van der Waals surface area contributed by atoms with Gasteiger partial charge < -0.3 is 9.84 Å². The van der Waals surface area contributed by atoms with Crippen molar-refractivity contribution in [1.29, 1.82) is 0 Å². The Balaban J connectivity index is 2.64. The van der Waals surface area contributed by atoms with Crippen molar-refractivity contribution in [1.82, 2.24) is 0 Å². The van der Waals surface area contributed by atoms with Gasteiger partial charge in [-0.25, -0.2) is 0 Å². The number of hydrogen-bond acceptors (Lipinski definition) is 3. The standard InChI is InChI=1S/C10H18O3/c1-3-9-6-4-5-7-10(9,12)13-8(2)11/h9,12H,3-7H2,1-2H3. The molecular formula is C10H18O3. The highest BCUT2D eigenvalue weighted by Crippen LogP contribution is 2.36. The summed E-state index contributed by atoms with van der Waals surface area (Å²) in [5.74, 6) is -1.45. The summed E-state index contributed by atoms with van der Waals surface area (Å²) in [6, 6.07) is 0. The number of rotatable bonds is 2. The van der Waals surface area contributed by atoms with Gasteiger partial charge in [-0.3, -0.25) is 4.79 Å². The van der Waals surface area contributed by atoms with Crippen molar-refractivity contribution in [3.8, 4) is 0 Å². The van der Waals surface area contributed by atoms with Gasteiger partial charge in [-0.2, -0.15) is 0 Å². The van der Waals surface area contributed by atoms with Gasteiger partial charge in [0.2, 0.25) is 5.79 Å². The highest BCUT2D eigenvalue weighted by molar-refractivity contribution is 5.66. The molecule has 0 aromatic carbocycles. The summed E-state index contributed by atoms with van der Waals surface area (Å²) in [6.45, 7) is 3.36. The molecule has 76 valence electrons. The van der Waals surface area contributed by atoms with Gasteiger partial charge in [-0.1, -0.05) is 13.3 Å². The molecule has 1 aliphatic rings. The van der Waals surface area contributed by atoms with Gasteiger partial charge in [0, 0.05) is 19.3 Å². The third-order valence-electron chi connectivity index (χ3n) is 2.79. The van der Waals surface area contributed by atoms with E-state index in [2.05, 4.69) is 0 Å². The van der Waals surface area contributed by atoms with E-state index in [9.17, 15) is 9.90 Å². The average Bonchev–Trinajstić information content (AvgIpc) is 2.03. The first kappa shape index (κ1) is 10.5. The van der Waals surface area contributed by atoms with Crippen LogP contribution in [0.5, 0.6) is 0 Å². The topological polar surface area (TPSA) is 46.5 Å². The second kappa shape index (κ2) is 4.09. The van der Waals surface area contributed by atoms with E-state index in [1.165, 1.54) is 6.92 Å². The molecule has 0 aromatic heterocycles. The second-order valence-corrected chi connectivity index (χ2v) is 3.79. The third-order valence-corrected chi connectivity index (χ3v) is 2.79. The van der Waals surface area contributed by atoms with Gasteiger partial charge in [-0.05, 0) is 19.3 Å². The molecular weight excluding hydrogens is 168 g/mol. The summed E-state index contributed by atoms with van der Waals surface area (Å²) in [5.41, 5.74) is 0. The van der Waals surface area contributed by atoms with Crippen LogP contribution < -0.4 is 0 Å². The fraction of sp³-hybridized carbons (Fsp3) is 0.900. The summed E-state index contributed by atoms with van der Waals surface area (Å²) in [6.07, 6.45) is 4.48. The van der Waals surface area contributed by atoms with Crippen molar-refractivity contribution < 1.29 is 14.6 Å². The summed E-state index contributed by atoms with van der Waals surface area (Å²) in [4.78, 5) is 10.8. The lowest BCUT2D eigenvalue weighted by Crippen LogP contribution is -2.44. The van der Waals surface area contributed by atoms with Gasteiger partial charge in [0.1, 0.15) is 0 Å². The van der Waals surface area contributed by atoms with E-state index in [4.69, 9.17) is 4.74 Å². The second-order valence-electron chi connectivity index (χ2n) is 3.79. The SMILES string of the molecule is CCC1CCCCC1(O)OC(C)=O. The molecule has 13 heavy (non-hydrogen) atoms. The van der Waals surface area contributed by atoms with Crippen molar-refractivity contribution in [2.75, 3.05) is 0 Å². The zero-order valence-electron chi connectivity index (χ0n) is 8.38. The van der Waals surface area contributed by atoms with E-state index in [1.54, 1.807) is 0 Å². The zero-order chi connectivity index (χ0) is 9.90. The summed E-state index contributed by atoms with van der Waals surface area (Å²) in [5, 5.41) is 10.1. The predicted octanol–water partition coefficient (Wildman–Crippen LogP) is 1.84. The molecule has 2 atom stereocenters. The molecule has 1 fully saturated rings. The number of ether oxygens (including phenoxy) is 1. The molecule has 1 rings (SSSR count). The van der Waals surface area contributed by atoms with Gasteiger partial charge in [0.25, 0.3) is 0 Å². The van der Waals surface area contributed by atoms with Gasteiger partial charge in [-0.15, -0.1) is 0 Å². The van der Waals surface area contributed by atoms with Crippen LogP contribution in [0.15, 0.2) is 0 Å². The summed E-state index contributed by atoms with van der Waals surface area (Å²) < 4.78 is 5.00. The Morgan fingerprint density at radius 2 is 2.31 bits per heavy atom. The summed E-state index contributed by atoms with van der Waals surface area (Å²) in [7, 11) is 0. The molecule has 3 nitrogen and oxygen atoms in total. The molecule has 1 N–H and O–H groups in total. The van der Waals surface area contributed by atoms with Crippen LogP contribution in [0.4, 0.5) is 0 Å². The van der Waals surface area contributed by atoms with Crippen molar-refractivity contribution in [2.45, 2.75) is 51.7 Å². The van der Waals surface area contributed by atoms with Gasteiger partial charge in [0.05, 0.1) is 0 Å². The van der Waals surface area contributed by atoms with Crippen LogP contribution in [0.2, 0.25) is 0 Å². The van der Waals surface area contributed by atoms with Crippen LogP contribution in [0.3, 0.4) is 0 Å². The van der Waals surface area contributed by atoms with Crippen molar-refractivity contribution >= 4 is 5.97 Å². The molecule has 0 radical (unpaired) electrons. The number of aliphatic hydroxyl groups is 1. The maximum absolute atomic E-state index is 10.8. The Labute approximate surface area is 79.1 Å². The average molecular weight is 186 g/mol. The first-order chi connectivity index (χ1) is 6.08. The number of carbonyl (C=O) groups excluding carboxylic acids is 1. The first-order valence-electron chi connectivity index (χ1n) is 5.00. The van der Waals surface area contributed by atoms with E-state index in [1.807, 2.05) is 6.92 Å². The normalized spacial score (nSPS) is 34.2. The van der Waals surface area contributed by atoms with Crippen LogP contribution in [-0.4, -0.2) is 16.9 Å². The molecule has 3 heteroatoms. The van der Waals surface area contributed by atoms with Crippen LogP contribution in [0.25, 0.3) is 0 Å². The lowest BCUT2D eigenvalue weighted by Gasteiger charge is -2.38. The molecule has 0 aliphatic heterocycles. The molecule has 0 heterocycles. The van der Waals surface area contributed by atoms with Gasteiger partial charge in [0.15, 0.2) is 0 Å². The predicted molar refractivity (Wildman–Crippen MR) is 49.0 cm³/mol. The number of esters is 1. The van der Waals surface area contributed by atoms with E-state index in [0.29, 0.717) is 6.42 Å². The Hall–Kier alpha value is -0.570. The summed E-state index contributed by atoms with van der Waals surface area (Å²) >= 11 is 0. The molecule has 1 saturated carbocycles. The first-order valence-corrected chi connectivity index (χ1v) is 5.00. The molecule has 0 bridgehead atoms. The van der Waals surface area contributed by atoms with Crippen molar-refractivity contribution in [3.63, 3.8) is 0 Å². The molecule has 1 aliphatic carbocycles. The molecule has 0 saturated heterocycles. The van der Waals surface area contributed by atoms with Crippen LogP contribution in [-0.2, 0) is 9.53 Å². The van der Waals surface area contributed by atoms with E-state index >= 15 is 0 Å². The quantitative estimate of drug-likeness (QED) is 0.528. The van der Waals surface area contributed by atoms with Crippen LogP contribution in [0.1, 0.15) is 46.0 Å². The Morgan fingerprint density at radius 1 is 1.62 bits per heavy atom. The largest absolute Gasteiger partial charge is 0.433 e. The van der Waals surface area contributed by atoms with Crippen molar-refractivity contribution in [3.05, 3.63) is 0 Å². The maximum atomic E-state index is 10.8. The third kappa shape index (κ3) is 2.44. The molecule has 0 spiro atoms. The fourth-order valence-electron chi connectivity index (χ4n) is 2.11. The minimum absolute atomic E-state index is 0.116. The molecule has 0 amide bonds. The van der Waals surface area contributed by atoms with Crippen LogP contribution in [0, 0.1) is 5.92 Å². The minimum Gasteiger partial charge on any atom is -0.433 e. The highest BCUT2D eigenvalue weighted by atomic mass is 16.7. The van der Waals surface area contributed by atoms with Gasteiger partial charge >= 0.3 is 5.97 Å². The Morgan fingerprint density at radius 3 is 2.85 bits per heavy atom.